The molecular formula is C18H22N2O4S. The molecule has 0 aliphatic heterocycles. The van der Waals surface area contributed by atoms with Gasteiger partial charge in [0.2, 0.25) is 5.91 Å². The maximum Gasteiger partial charge on any atom is 0.243 e. The Hall–Kier alpha value is -2.54. The van der Waals surface area contributed by atoms with E-state index in [2.05, 4.69) is 10.6 Å². The van der Waals surface area contributed by atoms with Crippen LogP contribution in [-0.2, 0) is 14.6 Å². The average molecular weight is 362 g/mol. The third kappa shape index (κ3) is 4.96. The largest absolute Gasteiger partial charge is 0.497 e. The number of methoxy groups -OCH3 is 1. The van der Waals surface area contributed by atoms with E-state index in [0.29, 0.717) is 22.7 Å². The van der Waals surface area contributed by atoms with E-state index in [4.69, 9.17) is 4.74 Å². The summed E-state index contributed by atoms with van der Waals surface area (Å²) in [5, 5.41) is 5.77. The monoisotopic (exact) mass is 362 g/mol. The van der Waals surface area contributed by atoms with Crippen molar-refractivity contribution in [2.24, 2.45) is 0 Å². The average Bonchev–Trinajstić information content (AvgIpc) is 2.54. The Morgan fingerprint density at radius 3 is 2.52 bits per heavy atom. The Morgan fingerprint density at radius 1 is 1.16 bits per heavy atom. The minimum absolute atomic E-state index is 0.0186. The van der Waals surface area contributed by atoms with Crippen LogP contribution in [0.4, 0.5) is 11.4 Å². The highest BCUT2D eigenvalue weighted by molar-refractivity contribution is 7.90. The molecule has 2 aromatic rings. The fraction of sp³-hybridized carbons (Fsp3) is 0.278. The number of carbonyl (C=O) groups excluding carboxylic acids is 1. The Balaban J connectivity index is 2.10. The first kappa shape index (κ1) is 18.8. The molecule has 134 valence electrons. The second kappa shape index (κ2) is 7.57. The second-order valence-electron chi connectivity index (χ2n) is 5.84. The molecule has 0 aromatic heterocycles. The molecule has 1 amide bonds. The molecule has 0 bridgehead atoms. The zero-order valence-electron chi connectivity index (χ0n) is 14.7. The molecular weight excluding hydrogens is 340 g/mol. The van der Waals surface area contributed by atoms with Crippen LogP contribution in [0.1, 0.15) is 11.1 Å². The van der Waals surface area contributed by atoms with Gasteiger partial charge in [-0.15, -0.1) is 0 Å². The lowest BCUT2D eigenvalue weighted by Gasteiger charge is -2.14. The van der Waals surface area contributed by atoms with Gasteiger partial charge in [-0.3, -0.25) is 4.79 Å². The quantitative estimate of drug-likeness (QED) is 0.825. The summed E-state index contributed by atoms with van der Waals surface area (Å²) in [6.07, 6.45) is 1.17. The van der Waals surface area contributed by atoms with Crippen LogP contribution < -0.4 is 15.4 Å². The number of rotatable bonds is 6. The molecule has 0 radical (unpaired) electrons. The van der Waals surface area contributed by atoms with Crippen molar-refractivity contribution in [2.75, 3.05) is 30.5 Å². The maximum absolute atomic E-state index is 12.1. The molecule has 0 spiro atoms. The molecule has 6 nitrogen and oxygen atoms in total. The summed E-state index contributed by atoms with van der Waals surface area (Å²) < 4.78 is 28.9. The standard InChI is InChI=1S/C18H22N2O4S/c1-12-8-16(13(2)17(9-12)25(4,22)23)19-11-18(21)20-14-6-5-7-15(10-14)24-3/h5-10,19H,11H2,1-4H3,(H,20,21). The minimum Gasteiger partial charge on any atom is -0.497 e. The number of hydrogen-bond donors (Lipinski definition) is 2. The molecule has 0 saturated heterocycles. The molecule has 7 heteroatoms. The highest BCUT2D eigenvalue weighted by Gasteiger charge is 2.15. The van der Waals surface area contributed by atoms with Gasteiger partial charge in [-0.2, -0.15) is 0 Å². The highest BCUT2D eigenvalue weighted by atomic mass is 32.2. The first-order chi connectivity index (χ1) is 11.7. The Kier molecular flexibility index (Phi) is 5.69. The lowest BCUT2D eigenvalue weighted by Crippen LogP contribution is -2.22. The molecule has 0 atom stereocenters. The van der Waals surface area contributed by atoms with Gasteiger partial charge in [0.05, 0.1) is 18.6 Å². The maximum atomic E-state index is 12.1. The number of ether oxygens (including phenoxy) is 1. The van der Waals surface area contributed by atoms with E-state index in [1.54, 1.807) is 44.4 Å². The Morgan fingerprint density at radius 2 is 1.88 bits per heavy atom. The van der Waals surface area contributed by atoms with Crippen LogP contribution in [0.15, 0.2) is 41.3 Å². The predicted octanol–water partition coefficient (Wildman–Crippen LogP) is 2.77. The van der Waals surface area contributed by atoms with Crippen LogP contribution in [0.3, 0.4) is 0 Å². The van der Waals surface area contributed by atoms with Gasteiger partial charge in [0.15, 0.2) is 9.84 Å². The van der Waals surface area contributed by atoms with E-state index < -0.39 is 9.84 Å². The van der Waals surface area contributed by atoms with Crippen LogP contribution in [0.25, 0.3) is 0 Å². The summed E-state index contributed by atoms with van der Waals surface area (Å²) in [6.45, 7) is 3.55. The lowest BCUT2D eigenvalue weighted by atomic mass is 10.1. The Labute approximate surface area is 148 Å². The number of aryl methyl sites for hydroxylation is 1. The van der Waals surface area contributed by atoms with Crippen molar-refractivity contribution in [3.8, 4) is 5.75 Å². The summed E-state index contributed by atoms with van der Waals surface area (Å²) in [5.74, 6) is 0.410. The third-order valence-electron chi connectivity index (χ3n) is 3.70. The number of sulfone groups is 1. The molecule has 0 fully saturated rings. The van der Waals surface area contributed by atoms with Crippen LogP contribution in [0, 0.1) is 13.8 Å². The summed E-state index contributed by atoms with van der Waals surface area (Å²) in [5.41, 5.74) is 2.66. The first-order valence-electron chi connectivity index (χ1n) is 7.70. The number of carbonyl (C=O) groups is 1. The van der Waals surface area contributed by atoms with E-state index in [1.807, 2.05) is 13.0 Å². The molecule has 25 heavy (non-hydrogen) atoms. The fourth-order valence-corrected chi connectivity index (χ4v) is 3.54. The fourth-order valence-electron chi connectivity index (χ4n) is 2.48. The van der Waals surface area contributed by atoms with Gasteiger partial charge in [0.1, 0.15) is 5.75 Å². The van der Waals surface area contributed by atoms with E-state index >= 15 is 0 Å². The minimum atomic E-state index is -3.33. The molecule has 0 saturated carbocycles. The van der Waals surface area contributed by atoms with Gasteiger partial charge in [-0.25, -0.2) is 8.42 Å². The molecule has 2 aromatic carbocycles. The van der Waals surface area contributed by atoms with Crippen LogP contribution in [-0.4, -0.2) is 34.2 Å². The van der Waals surface area contributed by atoms with Gasteiger partial charge in [-0.1, -0.05) is 6.07 Å². The van der Waals surface area contributed by atoms with E-state index in [-0.39, 0.29) is 17.3 Å². The molecule has 0 unspecified atom stereocenters. The van der Waals surface area contributed by atoms with Crippen molar-refractivity contribution in [2.45, 2.75) is 18.7 Å². The van der Waals surface area contributed by atoms with Crippen molar-refractivity contribution < 1.29 is 17.9 Å². The summed E-state index contributed by atoms with van der Waals surface area (Å²) in [6, 6.07) is 10.5. The van der Waals surface area contributed by atoms with Gasteiger partial charge in [-0.05, 0) is 49.2 Å². The number of nitrogens with one attached hydrogen (secondary N) is 2. The SMILES string of the molecule is COc1cccc(NC(=O)CNc2cc(C)cc(S(C)(=O)=O)c2C)c1. The van der Waals surface area contributed by atoms with E-state index in [9.17, 15) is 13.2 Å². The summed E-state index contributed by atoms with van der Waals surface area (Å²) in [4.78, 5) is 12.4. The van der Waals surface area contributed by atoms with Crippen LogP contribution in [0.5, 0.6) is 5.75 Å². The predicted molar refractivity (Wildman–Crippen MR) is 99.1 cm³/mol. The normalized spacial score (nSPS) is 11.0. The molecule has 0 heterocycles. The van der Waals surface area contributed by atoms with Crippen LogP contribution >= 0.6 is 0 Å². The lowest BCUT2D eigenvalue weighted by molar-refractivity contribution is -0.114. The van der Waals surface area contributed by atoms with Gasteiger partial charge in [0, 0.05) is 23.7 Å². The smallest absolute Gasteiger partial charge is 0.243 e. The van der Waals surface area contributed by atoms with Crippen molar-refractivity contribution in [1.29, 1.82) is 0 Å². The van der Waals surface area contributed by atoms with Crippen molar-refractivity contribution in [3.63, 3.8) is 0 Å². The van der Waals surface area contributed by atoms with Crippen molar-refractivity contribution in [3.05, 3.63) is 47.5 Å². The van der Waals surface area contributed by atoms with Gasteiger partial charge >= 0.3 is 0 Å². The van der Waals surface area contributed by atoms with Crippen LogP contribution in [0.2, 0.25) is 0 Å². The highest BCUT2D eigenvalue weighted by Crippen LogP contribution is 2.25. The molecule has 0 aliphatic carbocycles. The van der Waals surface area contributed by atoms with Gasteiger partial charge < -0.3 is 15.4 Å². The zero-order chi connectivity index (χ0) is 18.6. The first-order valence-corrected chi connectivity index (χ1v) is 9.59. The topological polar surface area (TPSA) is 84.5 Å². The number of anilines is 2. The number of hydrogen-bond acceptors (Lipinski definition) is 5. The van der Waals surface area contributed by atoms with Crippen molar-refractivity contribution >= 4 is 27.1 Å². The molecule has 2 rings (SSSR count). The summed E-state index contributed by atoms with van der Waals surface area (Å²) >= 11 is 0. The number of amides is 1. The third-order valence-corrected chi connectivity index (χ3v) is 4.92. The van der Waals surface area contributed by atoms with E-state index in [1.165, 1.54) is 6.26 Å². The zero-order valence-corrected chi connectivity index (χ0v) is 15.5. The van der Waals surface area contributed by atoms with Crippen molar-refractivity contribution in [1.82, 2.24) is 0 Å². The Bertz CT molecular complexity index is 892. The summed E-state index contributed by atoms with van der Waals surface area (Å²) in [7, 11) is -1.77. The molecule has 0 aliphatic rings. The van der Waals surface area contributed by atoms with Gasteiger partial charge in [0.25, 0.3) is 0 Å². The number of benzene rings is 2. The molecule has 2 N–H and O–H groups in total. The second-order valence-corrected chi connectivity index (χ2v) is 7.83. The van der Waals surface area contributed by atoms with E-state index in [0.717, 1.165) is 5.56 Å².